The van der Waals surface area contributed by atoms with Gasteiger partial charge in [-0.05, 0) is 24.3 Å². The molecule has 9 nitrogen and oxygen atoms in total. The highest BCUT2D eigenvalue weighted by molar-refractivity contribution is 6.30. The van der Waals surface area contributed by atoms with Gasteiger partial charge in [-0.25, -0.2) is 9.59 Å². The molecule has 1 aromatic heterocycles. The molecule has 0 saturated heterocycles. The predicted octanol–water partition coefficient (Wildman–Crippen LogP) is 2.43. The molecular weight excluding hydrogens is 426 g/mol. The van der Waals surface area contributed by atoms with Crippen molar-refractivity contribution in [2.24, 2.45) is 0 Å². The van der Waals surface area contributed by atoms with Gasteiger partial charge in [0.1, 0.15) is 0 Å². The Bertz CT molecular complexity index is 1550. The van der Waals surface area contributed by atoms with Crippen molar-refractivity contribution >= 4 is 40.2 Å². The number of imidazole rings is 1. The molecule has 5 rings (SSSR count). The van der Waals surface area contributed by atoms with Crippen molar-refractivity contribution in [3.63, 3.8) is 0 Å². The number of rotatable bonds is 4. The maximum Gasteiger partial charge on any atom is 0.339 e. The zero-order valence-corrected chi connectivity index (χ0v) is 16.9. The number of hydrogen-bond acceptors (Lipinski definition) is 6. The lowest BCUT2D eigenvalue weighted by molar-refractivity contribution is -0.119. The van der Waals surface area contributed by atoms with Crippen LogP contribution in [0.3, 0.4) is 0 Å². The molecule has 33 heavy (non-hydrogen) atoms. The summed E-state index contributed by atoms with van der Waals surface area (Å²) in [6.45, 7) is -0.608. The number of carbonyl (C=O) groups excluding carboxylic acids is 4. The number of anilines is 1. The number of H-pyrrole nitrogens is 2. The molecule has 0 aliphatic heterocycles. The van der Waals surface area contributed by atoms with Gasteiger partial charge in [-0.2, -0.15) is 0 Å². The number of carbonyl (C=O) groups is 4. The molecule has 4 aromatic rings. The van der Waals surface area contributed by atoms with Gasteiger partial charge in [0.25, 0.3) is 5.91 Å². The van der Waals surface area contributed by atoms with E-state index in [0.29, 0.717) is 16.7 Å². The lowest BCUT2D eigenvalue weighted by Crippen LogP contribution is -2.26. The molecule has 0 fully saturated rings. The molecule has 162 valence electrons. The summed E-state index contributed by atoms with van der Waals surface area (Å²) in [5, 5.41) is 2.57. The third kappa shape index (κ3) is 3.51. The van der Waals surface area contributed by atoms with Crippen molar-refractivity contribution in [3.8, 4) is 0 Å². The Labute approximate surface area is 185 Å². The first kappa shape index (κ1) is 20.1. The van der Waals surface area contributed by atoms with Gasteiger partial charge in [0.15, 0.2) is 18.2 Å². The predicted molar refractivity (Wildman–Crippen MR) is 118 cm³/mol. The van der Waals surface area contributed by atoms with E-state index in [1.807, 2.05) is 0 Å². The molecule has 1 aliphatic rings. The fourth-order valence-electron chi connectivity index (χ4n) is 3.83. The summed E-state index contributed by atoms with van der Waals surface area (Å²) in [4.78, 5) is 67.3. The van der Waals surface area contributed by atoms with Crippen LogP contribution < -0.4 is 11.0 Å². The van der Waals surface area contributed by atoms with Crippen LogP contribution in [-0.2, 0) is 9.53 Å². The SMILES string of the molecule is O=C(COC(=O)c1cccc2c1C(=O)c1ccccc1C2=O)Nc1ccc2[nH]c(=O)[nH]c2c1. The second-order valence-electron chi connectivity index (χ2n) is 7.40. The van der Waals surface area contributed by atoms with E-state index in [0.717, 1.165) is 0 Å². The van der Waals surface area contributed by atoms with Crippen molar-refractivity contribution in [2.45, 2.75) is 0 Å². The van der Waals surface area contributed by atoms with Gasteiger partial charge in [-0.15, -0.1) is 0 Å². The van der Waals surface area contributed by atoms with Crippen LogP contribution >= 0.6 is 0 Å². The Balaban J connectivity index is 1.33. The summed E-state index contributed by atoms with van der Waals surface area (Å²) in [5.41, 5.74) is 1.61. The molecule has 3 N–H and O–H groups in total. The van der Waals surface area contributed by atoms with E-state index in [9.17, 15) is 24.0 Å². The maximum absolute atomic E-state index is 13.0. The number of ketones is 2. The maximum atomic E-state index is 13.0. The first-order valence-electron chi connectivity index (χ1n) is 9.93. The minimum Gasteiger partial charge on any atom is -0.452 e. The van der Waals surface area contributed by atoms with Crippen molar-refractivity contribution < 1.29 is 23.9 Å². The molecule has 0 atom stereocenters. The quantitative estimate of drug-likeness (QED) is 0.366. The van der Waals surface area contributed by atoms with Gasteiger partial charge in [0.05, 0.1) is 16.6 Å². The number of aromatic nitrogens is 2. The second kappa shape index (κ2) is 7.72. The fraction of sp³-hybridized carbons (Fsp3) is 0.0417. The molecule has 1 heterocycles. The molecule has 1 amide bonds. The highest BCUT2D eigenvalue weighted by atomic mass is 16.5. The summed E-state index contributed by atoms with van der Waals surface area (Å²) >= 11 is 0. The summed E-state index contributed by atoms with van der Waals surface area (Å²) in [5.74, 6) is -2.32. The summed E-state index contributed by atoms with van der Waals surface area (Å²) in [6.07, 6.45) is 0. The molecular formula is C24H15N3O6. The number of hydrogen-bond donors (Lipinski definition) is 3. The van der Waals surface area contributed by atoms with E-state index in [4.69, 9.17) is 4.74 Å². The van der Waals surface area contributed by atoms with Crippen LogP contribution in [0.15, 0.2) is 65.5 Å². The van der Waals surface area contributed by atoms with Crippen molar-refractivity contribution in [3.05, 3.63) is 99.0 Å². The van der Waals surface area contributed by atoms with Crippen LogP contribution in [0.5, 0.6) is 0 Å². The van der Waals surface area contributed by atoms with Crippen LogP contribution in [0, 0.1) is 0 Å². The van der Waals surface area contributed by atoms with Crippen LogP contribution in [-0.4, -0.2) is 40.0 Å². The Kier molecular flexibility index (Phi) is 4.71. The zero-order valence-electron chi connectivity index (χ0n) is 16.9. The zero-order chi connectivity index (χ0) is 23.1. The number of amides is 1. The topological polar surface area (TPSA) is 138 Å². The van der Waals surface area contributed by atoms with Crippen molar-refractivity contribution in [1.82, 2.24) is 9.97 Å². The summed E-state index contributed by atoms with van der Waals surface area (Å²) in [7, 11) is 0. The average molecular weight is 441 g/mol. The largest absolute Gasteiger partial charge is 0.452 e. The van der Waals surface area contributed by atoms with Gasteiger partial charge < -0.3 is 20.0 Å². The number of aromatic amines is 2. The van der Waals surface area contributed by atoms with E-state index in [-0.39, 0.29) is 39.3 Å². The highest BCUT2D eigenvalue weighted by Crippen LogP contribution is 2.29. The second-order valence-corrected chi connectivity index (χ2v) is 7.40. The Morgan fingerprint density at radius 1 is 0.788 bits per heavy atom. The van der Waals surface area contributed by atoms with Crippen LogP contribution in [0.1, 0.15) is 42.2 Å². The van der Waals surface area contributed by atoms with Crippen LogP contribution in [0.25, 0.3) is 11.0 Å². The lowest BCUT2D eigenvalue weighted by atomic mass is 9.82. The van der Waals surface area contributed by atoms with Gasteiger partial charge in [0.2, 0.25) is 0 Å². The average Bonchev–Trinajstić information content (AvgIpc) is 3.19. The van der Waals surface area contributed by atoms with Gasteiger partial charge in [0, 0.05) is 27.9 Å². The molecule has 0 radical (unpaired) electrons. The van der Waals surface area contributed by atoms with Crippen LogP contribution in [0.2, 0.25) is 0 Å². The van der Waals surface area contributed by atoms with E-state index < -0.39 is 24.3 Å². The molecule has 0 bridgehead atoms. The first-order chi connectivity index (χ1) is 15.9. The van der Waals surface area contributed by atoms with E-state index in [1.165, 1.54) is 24.3 Å². The Morgan fingerprint density at radius 2 is 1.48 bits per heavy atom. The number of fused-ring (bicyclic) bond motifs is 3. The van der Waals surface area contributed by atoms with E-state index in [2.05, 4.69) is 15.3 Å². The number of nitrogens with one attached hydrogen (secondary N) is 3. The van der Waals surface area contributed by atoms with Crippen molar-refractivity contribution in [2.75, 3.05) is 11.9 Å². The number of ether oxygens (including phenoxy) is 1. The Morgan fingerprint density at radius 3 is 2.27 bits per heavy atom. The minimum atomic E-state index is -0.895. The fourth-order valence-corrected chi connectivity index (χ4v) is 3.83. The molecule has 0 unspecified atom stereocenters. The van der Waals surface area contributed by atoms with E-state index >= 15 is 0 Å². The van der Waals surface area contributed by atoms with Gasteiger partial charge in [-0.1, -0.05) is 36.4 Å². The van der Waals surface area contributed by atoms with Crippen LogP contribution in [0.4, 0.5) is 5.69 Å². The molecule has 0 spiro atoms. The number of esters is 1. The third-order valence-electron chi connectivity index (χ3n) is 5.31. The van der Waals surface area contributed by atoms with E-state index in [1.54, 1.807) is 36.4 Å². The van der Waals surface area contributed by atoms with Gasteiger partial charge in [-0.3, -0.25) is 14.4 Å². The molecule has 3 aromatic carbocycles. The smallest absolute Gasteiger partial charge is 0.339 e. The molecule has 1 aliphatic carbocycles. The summed E-state index contributed by atoms with van der Waals surface area (Å²) < 4.78 is 5.11. The minimum absolute atomic E-state index is 0.0338. The Hall–Kier alpha value is -4.79. The monoisotopic (exact) mass is 441 g/mol. The highest BCUT2D eigenvalue weighted by Gasteiger charge is 2.33. The summed E-state index contributed by atoms with van der Waals surface area (Å²) in [6, 6.07) is 15.5. The molecule has 0 saturated carbocycles. The first-order valence-corrected chi connectivity index (χ1v) is 9.93. The third-order valence-corrected chi connectivity index (χ3v) is 5.31. The van der Waals surface area contributed by atoms with Crippen molar-refractivity contribution in [1.29, 1.82) is 0 Å². The standard InChI is InChI=1S/C24H15N3O6/c28-19(25-12-8-9-17-18(10-12)27-24(32)26-17)11-33-23(31)16-7-3-6-15-20(16)22(30)14-5-2-1-4-13(14)21(15)29/h1-10H,11H2,(H,25,28)(H2,26,27,32). The van der Waals surface area contributed by atoms with Gasteiger partial charge >= 0.3 is 11.7 Å². The normalized spacial score (nSPS) is 12.2. The molecule has 9 heteroatoms. The lowest BCUT2D eigenvalue weighted by Gasteiger charge is -2.19. The number of benzene rings is 3.